The molecule has 1 rings (SSSR count). The molecule has 6 heteroatoms. The molecule has 0 aromatic heterocycles. The number of halogens is 2. The van der Waals surface area contributed by atoms with Gasteiger partial charge in [0.15, 0.2) is 0 Å². The smallest absolute Gasteiger partial charge is 0.319 e. The first-order chi connectivity index (χ1) is 7.52. The van der Waals surface area contributed by atoms with Gasteiger partial charge in [-0.3, -0.25) is 0 Å². The Bertz CT molecular complexity index is 387. The van der Waals surface area contributed by atoms with Gasteiger partial charge in [-0.05, 0) is 25.1 Å². The van der Waals surface area contributed by atoms with E-state index in [1.54, 1.807) is 6.92 Å². The Morgan fingerprint density at radius 1 is 1.62 bits per heavy atom. The Balaban J connectivity index is 2.65. The average molecular weight is 291 g/mol. The number of benzene rings is 1. The second-order valence-electron chi connectivity index (χ2n) is 3.31. The lowest BCUT2D eigenvalue weighted by molar-refractivity contribution is 0.229. The van der Waals surface area contributed by atoms with Gasteiger partial charge in [0, 0.05) is 4.47 Å². The molecule has 0 aliphatic carbocycles. The van der Waals surface area contributed by atoms with E-state index in [1.807, 2.05) is 0 Å². The maximum Gasteiger partial charge on any atom is 0.319 e. The molecule has 1 aromatic carbocycles. The normalized spacial score (nSPS) is 12.0. The first-order valence-electron chi connectivity index (χ1n) is 4.66. The van der Waals surface area contributed by atoms with Crippen molar-refractivity contribution < 1.29 is 14.3 Å². The van der Waals surface area contributed by atoms with Gasteiger partial charge in [0.2, 0.25) is 0 Å². The van der Waals surface area contributed by atoms with Gasteiger partial charge in [0.05, 0.1) is 18.3 Å². The van der Waals surface area contributed by atoms with Crippen LogP contribution in [-0.4, -0.2) is 23.8 Å². The number of amides is 2. The van der Waals surface area contributed by atoms with Crippen molar-refractivity contribution in [3.05, 3.63) is 28.5 Å². The van der Waals surface area contributed by atoms with Crippen molar-refractivity contribution in [2.75, 3.05) is 11.9 Å². The second-order valence-corrected chi connectivity index (χ2v) is 4.22. The number of urea groups is 1. The molecule has 3 N–H and O–H groups in total. The highest BCUT2D eigenvalue weighted by atomic mass is 79.9. The number of carbonyl (C=O) groups is 1. The number of nitrogens with one attached hydrogen (secondary N) is 2. The van der Waals surface area contributed by atoms with Crippen LogP contribution in [0.2, 0.25) is 0 Å². The van der Waals surface area contributed by atoms with Gasteiger partial charge in [-0.15, -0.1) is 0 Å². The first-order valence-corrected chi connectivity index (χ1v) is 5.45. The molecule has 0 saturated carbocycles. The zero-order chi connectivity index (χ0) is 12.1. The molecule has 0 aliphatic rings. The Hall–Kier alpha value is -1.14. The number of aliphatic hydroxyl groups excluding tert-OH is 1. The van der Waals surface area contributed by atoms with Gasteiger partial charge >= 0.3 is 6.03 Å². The molecule has 4 nitrogen and oxygen atoms in total. The molecule has 0 aliphatic heterocycles. The molecule has 0 unspecified atom stereocenters. The summed E-state index contributed by atoms with van der Waals surface area (Å²) in [6, 6.07) is 3.30. The minimum absolute atomic E-state index is 0.0806. The molecular weight excluding hydrogens is 279 g/mol. The molecule has 0 heterocycles. The SMILES string of the molecule is C[C@@H](CO)NC(=O)Nc1cc(Br)ccc1F. The van der Waals surface area contributed by atoms with E-state index in [-0.39, 0.29) is 18.3 Å². The maximum atomic E-state index is 13.2. The third-order valence-corrected chi connectivity index (χ3v) is 2.32. The van der Waals surface area contributed by atoms with Crippen LogP contribution in [0.3, 0.4) is 0 Å². The molecule has 0 spiro atoms. The summed E-state index contributed by atoms with van der Waals surface area (Å²) in [4.78, 5) is 11.3. The number of aliphatic hydroxyl groups is 1. The predicted molar refractivity (Wildman–Crippen MR) is 62.8 cm³/mol. The van der Waals surface area contributed by atoms with E-state index in [4.69, 9.17) is 5.11 Å². The van der Waals surface area contributed by atoms with Crippen molar-refractivity contribution >= 4 is 27.6 Å². The summed E-state index contributed by atoms with van der Waals surface area (Å²) in [5, 5.41) is 13.5. The van der Waals surface area contributed by atoms with Crippen molar-refractivity contribution in [3.8, 4) is 0 Å². The summed E-state index contributed by atoms with van der Waals surface area (Å²) in [6.45, 7) is 1.46. The fourth-order valence-electron chi connectivity index (χ4n) is 1.02. The van der Waals surface area contributed by atoms with Crippen molar-refractivity contribution in [2.24, 2.45) is 0 Å². The minimum atomic E-state index is -0.557. The zero-order valence-corrected chi connectivity index (χ0v) is 10.2. The van der Waals surface area contributed by atoms with Crippen molar-refractivity contribution in [1.29, 1.82) is 0 Å². The van der Waals surface area contributed by atoms with Gasteiger partial charge in [-0.2, -0.15) is 0 Å². The van der Waals surface area contributed by atoms with E-state index in [1.165, 1.54) is 18.2 Å². The van der Waals surface area contributed by atoms with Gasteiger partial charge in [-0.25, -0.2) is 9.18 Å². The molecule has 1 atom stereocenters. The van der Waals surface area contributed by atoms with Crippen LogP contribution in [-0.2, 0) is 0 Å². The minimum Gasteiger partial charge on any atom is -0.394 e. The third kappa shape index (κ3) is 3.79. The average Bonchev–Trinajstić information content (AvgIpc) is 2.23. The van der Waals surface area contributed by atoms with Crippen LogP contribution in [0.1, 0.15) is 6.92 Å². The fourth-order valence-corrected chi connectivity index (χ4v) is 1.38. The molecule has 88 valence electrons. The summed E-state index contributed by atoms with van der Waals surface area (Å²) in [7, 11) is 0. The van der Waals surface area contributed by atoms with Crippen molar-refractivity contribution in [1.82, 2.24) is 5.32 Å². The largest absolute Gasteiger partial charge is 0.394 e. The summed E-state index contributed by atoms with van der Waals surface area (Å²) >= 11 is 3.17. The second kappa shape index (κ2) is 5.81. The topological polar surface area (TPSA) is 61.4 Å². The van der Waals surface area contributed by atoms with E-state index in [2.05, 4.69) is 26.6 Å². The highest BCUT2D eigenvalue weighted by Gasteiger charge is 2.09. The summed E-state index contributed by atoms with van der Waals surface area (Å²) < 4.78 is 13.9. The summed E-state index contributed by atoms with van der Waals surface area (Å²) in [5.41, 5.74) is 0.0806. The summed E-state index contributed by atoms with van der Waals surface area (Å²) in [5.74, 6) is -0.519. The highest BCUT2D eigenvalue weighted by Crippen LogP contribution is 2.19. The molecule has 1 aromatic rings. The lowest BCUT2D eigenvalue weighted by Gasteiger charge is -2.12. The van der Waals surface area contributed by atoms with Crippen molar-refractivity contribution in [3.63, 3.8) is 0 Å². The Morgan fingerprint density at radius 3 is 2.94 bits per heavy atom. The quantitative estimate of drug-likeness (QED) is 0.798. The van der Waals surface area contributed by atoms with Gasteiger partial charge in [-0.1, -0.05) is 15.9 Å². The van der Waals surface area contributed by atoms with Gasteiger partial charge < -0.3 is 15.7 Å². The van der Waals surface area contributed by atoms with E-state index in [0.29, 0.717) is 4.47 Å². The van der Waals surface area contributed by atoms with Crippen LogP contribution in [0.25, 0.3) is 0 Å². The zero-order valence-electron chi connectivity index (χ0n) is 8.63. The highest BCUT2D eigenvalue weighted by molar-refractivity contribution is 9.10. The van der Waals surface area contributed by atoms with Crippen molar-refractivity contribution in [2.45, 2.75) is 13.0 Å². The Labute approximate surface area is 101 Å². The Kier molecular flexibility index (Phi) is 4.70. The van der Waals surface area contributed by atoms with E-state index in [9.17, 15) is 9.18 Å². The number of hydrogen-bond acceptors (Lipinski definition) is 2. The van der Waals surface area contributed by atoms with E-state index >= 15 is 0 Å². The predicted octanol–water partition coefficient (Wildman–Crippen LogP) is 2.09. The maximum absolute atomic E-state index is 13.2. The Morgan fingerprint density at radius 2 is 2.31 bits per heavy atom. The van der Waals surface area contributed by atoms with Crippen LogP contribution >= 0.6 is 15.9 Å². The van der Waals surface area contributed by atoms with Crippen LogP contribution in [0, 0.1) is 5.82 Å². The number of carbonyl (C=O) groups excluding carboxylic acids is 1. The van der Waals surface area contributed by atoms with Crippen LogP contribution < -0.4 is 10.6 Å². The standard InChI is InChI=1S/C10H12BrFN2O2/c1-6(5-15)13-10(16)14-9-4-7(11)2-3-8(9)12/h2-4,6,15H,5H2,1H3,(H2,13,14,16)/t6-/m0/s1. The lowest BCUT2D eigenvalue weighted by Crippen LogP contribution is -2.38. The lowest BCUT2D eigenvalue weighted by atomic mass is 10.3. The molecule has 0 saturated heterocycles. The molecule has 16 heavy (non-hydrogen) atoms. The van der Waals surface area contributed by atoms with Gasteiger partial charge in [0.1, 0.15) is 5.82 Å². The number of hydrogen-bond donors (Lipinski definition) is 3. The van der Waals surface area contributed by atoms with E-state index < -0.39 is 11.8 Å². The first kappa shape index (κ1) is 12.9. The molecule has 0 fully saturated rings. The number of rotatable bonds is 3. The fraction of sp³-hybridized carbons (Fsp3) is 0.300. The van der Waals surface area contributed by atoms with Gasteiger partial charge in [0.25, 0.3) is 0 Å². The third-order valence-electron chi connectivity index (χ3n) is 1.83. The monoisotopic (exact) mass is 290 g/mol. The molecule has 0 bridgehead atoms. The summed E-state index contributed by atoms with van der Waals surface area (Å²) in [6.07, 6.45) is 0. The molecule has 2 amide bonds. The number of anilines is 1. The van der Waals surface area contributed by atoms with Crippen LogP contribution in [0.5, 0.6) is 0 Å². The molecule has 0 radical (unpaired) electrons. The van der Waals surface area contributed by atoms with Crippen LogP contribution in [0.4, 0.5) is 14.9 Å². The molecular formula is C10H12BrFN2O2. The van der Waals surface area contributed by atoms with Crippen LogP contribution in [0.15, 0.2) is 22.7 Å². The van der Waals surface area contributed by atoms with E-state index in [0.717, 1.165) is 0 Å².